The summed E-state index contributed by atoms with van der Waals surface area (Å²) in [6.45, 7) is 6.89. The number of rotatable bonds is 2. The third-order valence-electron chi connectivity index (χ3n) is 2.24. The number of hydrogen-bond acceptors (Lipinski definition) is 0. The van der Waals surface area contributed by atoms with E-state index in [2.05, 4.69) is 56.4 Å². The van der Waals surface area contributed by atoms with E-state index in [0.717, 1.165) is 0 Å². The Hall–Kier alpha value is 0.493. The average Bonchev–Trinajstić information content (AvgIpc) is 2.06. The van der Waals surface area contributed by atoms with Crippen LogP contribution in [0.3, 0.4) is 0 Å². The Labute approximate surface area is 105 Å². The molecule has 0 unspecified atom stereocenters. The van der Waals surface area contributed by atoms with Gasteiger partial charge >= 0.3 is 23.1 Å². The van der Waals surface area contributed by atoms with E-state index >= 15 is 0 Å². The first-order valence-corrected chi connectivity index (χ1v) is 7.10. The fourth-order valence-electron chi connectivity index (χ4n) is 1.03. The van der Waals surface area contributed by atoms with Crippen molar-refractivity contribution in [2.45, 2.75) is 20.0 Å². The van der Waals surface area contributed by atoms with Crippen LogP contribution in [0.15, 0.2) is 30.3 Å². The fourth-order valence-corrected chi connectivity index (χ4v) is 2.42. The van der Waals surface area contributed by atoms with Crippen LogP contribution < -0.4 is 17.6 Å². The quantitative estimate of drug-likeness (QED) is 0.445. The number of hydrogen-bond donors (Lipinski definition) is 0. The second kappa shape index (κ2) is 6.87. The van der Waals surface area contributed by atoms with Crippen LogP contribution in [-0.4, -0.2) is 31.1 Å². The first-order chi connectivity index (χ1) is 5.17. The molecule has 0 saturated heterocycles. The summed E-state index contributed by atoms with van der Waals surface area (Å²) in [4.78, 5) is 0. The summed E-state index contributed by atoms with van der Waals surface area (Å²) < 4.78 is 0. The molecule has 0 radical (unpaired) electrons. The van der Waals surface area contributed by atoms with Crippen molar-refractivity contribution in [2.24, 2.45) is 0 Å². The van der Waals surface area contributed by atoms with Gasteiger partial charge in [0.1, 0.15) is 0 Å². The molecule has 0 nitrogen and oxygen atoms in total. The minimum absolute atomic E-state index is 0. The average molecular weight is 223 g/mol. The van der Waals surface area contributed by atoms with Gasteiger partial charge in [-0.3, -0.25) is 0 Å². The SMILES string of the molecule is C[CH-][Si](C)(C)c1ccccc1.[Cl-].[Mg+2]. The van der Waals surface area contributed by atoms with Gasteiger partial charge in [-0.05, 0) is 0 Å². The molecule has 68 valence electrons. The molecule has 0 aliphatic heterocycles. The minimum Gasteiger partial charge on any atom is -1.00 e. The van der Waals surface area contributed by atoms with E-state index in [0.29, 0.717) is 0 Å². The Morgan fingerprint density at radius 3 is 1.92 bits per heavy atom. The van der Waals surface area contributed by atoms with Crippen molar-refractivity contribution in [1.82, 2.24) is 0 Å². The first kappa shape index (κ1) is 15.9. The van der Waals surface area contributed by atoms with E-state index < -0.39 is 8.07 Å². The zero-order valence-corrected chi connectivity index (χ0v) is 11.7. The molecule has 13 heavy (non-hydrogen) atoms. The summed E-state index contributed by atoms with van der Waals surface area (Å²) in [5.41, 5.74) is 0. The predicted molar refractivity (Wildman–Crippen MR) is 59.3 cm³/mol. The van der Waals surface area contributed by atoms with Crippen LogP contribution in [-0.2, 0) is 0 Å². The Balaban J connectivity index is 0. The maximum Gasteiger partial charge on any atom is 2.00 e. The van der Waals surface area contributed by atoms with Gasteiger partial charge in [0.15, 0.2) is 0 Å². The molecule has 0 amide bonds. The van der Waals surface area contributed by atoms with Gasteiger partial charge in [0, 0.05) is 0 Å². The molecule has 1 aromatic rings. The fraction of sp³-hybridized carbons (Fsp3) is 0.300. The molecule has 0 N–H and O–H groups in total. The van der Waals surface area contributed by atoms with Crippen LogP contribution in [0, 0.1) is 6.04 Å². The smallest absolute Gasteiger partial charge is 1.00 e. The zero-order chi connectivity index (χ0) is 8.32. The molecule has 0 spiro atoms. The van der Waals surface area contributed by atoms with E-state index in [1.54, 1.807) is 0 Å². The Kier molecular flexibility index (Phi) is 8.43. The van der Waals surface area contributed by atoms with E-state index in [-0.39, 0.29) is 35.5 Å². The molecule has 0 bridgehead atoms. The van der Waals surface area contributed by atoms with Gasteiger partial charge in [0.25, 0.3) is 0 Å². The van der Waals surface area contributed by atoms with Crippen molar-refractivity contribution in [3.05, 3.63) is 36.4 Å². The summed E-state index contributed by atoms with van der Waals surface area (Å²) >= 11 is 0. The second-order valence-corrected chi connectivity index (χ2v) is 7.97. The van der Waals surface area contributed by atoms with Crippen molar-refractivity contribution >= 4 is 36.3 Å². The van der Waals surface area contributed by atoms with Gasteiger partial charge < -0.3 is 18.5 Å². The summed E-state index contributed by atoms with van der Waals surface area (Å²) in [6, 6.07) is 13.1. The van der Waals surface area contributed by atoms with Crippen molar-refractivity contribution in [3.63, 3.8) is 0 Å². The first-order valence-electron chi connectivity index (χ1n) is 4.03. The Morgan fingerprint density at radius 2 is 1.54 bits per heavy atom. The largest absolute Gasteiger partial charge is 2.00 e. The summed E-state index contributed by atoms with van der Waals surface area (Å²) in [5.74, 6) is 0. The van der Waals surface area contributed by atoms with Gasteiger partial charge in [0.2, 0.25) is 0 Å². The normalized spacial score (nSPS) is 9.77. The molecule has 1 aromatic carbocycles. The van der Waals surface area contributed by atoms with Crippen molar-refractivity contribution in [3.8, 4) is 0 Å². The molecule has 0 atom stereocenters. The molecular weight excluding hydrogens is 208 g/mol. The molecular formula is C10H15ClMgSi. The molecule has 3 heteroatoms. The van der Waals surface area contributed by atoms with Gasteiger partial charge in [-0.1, -0.05) is 56.7 Å². The summed E-state index contributed by atoms with van der Waals surface area (Å²) in [7, 11) is -1.18. The predicted octanol–water partition coefficient (Wildman–Crippen LogP) is -1.01. The van der Waals surface area contributed by atoms with Crippen LogP contribution in [0.1, 0.15) is 6.92 Å². The third kappa shape index (κ3) is 4.50. The van der Waals surface area contributed by atoms with E-state index in [9.17, 15) is 0 Å². The molecule has 0 heterocycles. The van der Waals surface area contributed by atoms with Crippen molar-refractivity contribution in [1.29, 1.82) is 0 Å². The van der Waals surface area contributed by atoms with E-state index in [4.69, 9.17) is 0 Å². The van der Waals surface area contributed by atoms with E-state index in [1.807, 2.05) is 0 Å². The Morgan fingerprint density at radius 1 is 1.08 bits per heavy atom. The van der Waals surface area contributed by atoms with Gasteiger partial charge in [-0.15, -0.1) is 0 Å². The molecule has 0 aromatic heterocycles. The van der Waals surface area contributed by atoms with Gasteiger partial charge in [-0.2, -0.15) is 6.92 Å². The van der Waals surface area contributed by atoms with Crippen LogP contribution >= 0.6 is 0 Å². The van der Waals surface area contributed by atoms with Crippen molar-refractivity contribution < 1.29 is 12.4 Å². The Bertz CT molecular complexity index is 224. The number of benzene rings is 1. The topological polar surface area (TPSA) is 0 Å². The molecule has 0 saturated carbocycles. The zero-order valence-electron chi connectivity index (χ0n) is 8.55. The molecule has 0 aliphatic carbocycles. The van der Waals surface area contributed by atoms with Crippen LogP contribution in [0.2, 0.25) is 13.1 Å². The second-order valence-electron chi connectivity index (χ2n) is 3.38. The molecule has 0 fully saturated rings. The van der Waals surface area contributed by atoms with Crippen molar-refractivity contribution in [2.75, 3.05) is 0 Å². The monoisotopic (exact) mass is 222 g/mol. The van der Waals surface area contributed by atoms with Gasteiger partial charge in [0.05, 0.1) is 0 Å². The maximum absolute atomic E-state index is 2.36. The molecule has 1 rings (SSSR count). The van der Waals surface area contributed by atoms with Crippen LogP contribution in [0.4, 0.5) is 0 Å². The molecule has 0 aliphatic rings. The van der Waals surface area contributed by atoms with Crippen LogP contribution in [0.25, 0.3) is 0 Å². The third-order valence-corrected chi connectivity index (χ3v) is 5.50. The minimum atomic E-state index is -1.18. The summed E-state index contributed by atoms with van der Waals surface area (Å²) in [5, 5.41) is 1.52. The standard InChI is InChI=1S/C10H15Si.ClH.Mg/c1-4-11(2,3)10-8-6-5-7-9-10;;/h4-9H,1-3H3;1H;/q-1;;+2/p-1. The van der Waals surface area contributed by atoms with Crippen LogP contribution in [0.5, 0.6) is 0 Å². The van der Waals surface area contributed by atoms with Gasteiger partial charge in [-0.25, -0.2) is 0 Å². The summed E-state index contributed by atoms with van der Waals surface area (Å²) in [6.07, 6.45) is 0. The number of halogens is 1. The van der Waals surface area contributed by atoms with E-state index in [1.165, 1.54) is 5.19 Å². The maximum atomic E-state index is 2.36.